The van der Waals surface area contributed by atoms with E-state index in [9.17, 15) is 0 Å². The molecule has 22 heavy (non-hydrogen) atoms. The van der Waals surface area contributed by atoms with E-state index in [1.165, 1.54) is 22.7 Å². The highest BCUT2D eigenvalue weighted by molar-refractivity contribution is 7.22. The monoisotopic (exact) mass is 313 g/mol. The Kier molecular flexibility index (Phi) is 3.54. The lowest BCUT2D eigenvalue weighted by molar-refractivity contribution is 0.393. The fourth-order valence-electron chi connectivity index (χ4n) is 3.07. The summed E-state index contributed by atoms with van der Waals surface area (Å²) in [5.41, 5.74) is 1.11. The minimum Gasteiger partial charge on any atom is -0.348 e. The number of aryl methyl sites for hydroxylation is 1. The molecule has 0 unspecified atom stereocenters. The van der Waals surface area contributed by atoms with Crippen LogP contribution in [0.15, 0.2) is 30.6 Å². The molecule has 0 amide bonds. The van der Waals surface area contributed by atoms with Gasteiger partial charge in [-0.3, -0.25) is 0 Å². The summed E-state index contributed by atoms with van der Waals surface area (Å²) >= 11 is 1.80. The van der Waals surface area contributed by atoms with Crippen molar-refractivity contribution in [3.05, 3.63) is 36.4 Å². The number of thiazole rings is 1. The SMILES string of the molecule is Cn1cnnc1CC1CCN(c2nc3ccccc3s2)CC1. The number of aromatic nitrogens is 4. The Labute approximate surface area is 133 Å². The fourth-order valence-corrected chi connectivity index (χ4v) is 4.09. The molecule has 0 spiro atoms. The molecule has 3 heterocycles. The van der Waals surface area contributed by atoms with E-state index in [2.05, 4.69) is 39.4 Å². The molecule has 1 saturated heterocycles. The lowest BCUT2D eigenvalue weighted by Crippen LogP contribution is -2.34. The van der Waals surface area contributed by atoms with Gasteiger partial charge in [0.25, 0.3) is 0 Å². The van der Waals surface area contributed by atoms with E-state index in [1.807, 2.05) is 11.6 Å². The van der Waals surface area contributed by atoms with Crippen LogP contribution in [-0.2, 0) is 13.5 Å². The maximum absolute atomic E-state index is 4.77. The van der Waals surface area contributed by atoms with E-state index in [0.29, 0.717) is 5.92 Å². The number of rotatable bonds is 3. The molecular formula is C16H19N5S. The lowest BCUT2D eigenvalue weighted by Gasteiger charge is -2.31. The molecule has 0 saturated carbocycles. The average Bonchev–Trinajstić information content (AvgIpc) is 3.15. The van der Waals surface area contributed by atoms with E-state index >= 15 is 0 Å². The Morgan fingerprint density at radius 3 is 2.77 bits per heavy atom. The van der Waals surface area contributed by atoms with Gasteiger partial charge >= 0.3 is 0 Å². The molecule has 0 atom stereocenters. The molecule has 1 aliphatic heterocycles. The first-order valence-corrected chi connectivity index (χ1v) is 8.54. The Bertz CT molecular complexity index is 737. The summed E-state index contributed by atoms with van der Waals surface area (Å²) in [4.78, 5) is 7.20. The highest BCUT2D eigenvalue weighted by atomic mass is 32.1. The second-order valence-electron chi connectivity index (χ2n) is 5.96. The van der Waals surface area contributed by atoms with Crippen LogP contribution < -0.4 is 4.90 Å². The van der Waals surface area contributed by atoms with Crippen LogP contribution in [0.25, 0.3) is 10.2 Å². The van der Waals surface area contributed by atoms with Crippen molar-refractivity contribution < 1.29 is 0 Å². The normalized spacial score (nSPS) is 16.5. The molecular weight excluding hydrogens is 294 g/mol. The minimum absolute atomic E-state index is 0.702. The number of nitrogens with zero attached hydrogens (tertiary/aromatic N) is 5. The number of anilines is 1. The molecule has 2 aromatic heterocycles. The standard InChI is InChI=1S/C16H19N5S/c1-20-11-17-19-15(20)10-12-6-8-21(9-7-12)16-18-13-4-2-3-5-14(13)22-16/h2-5,11-12H,6-10H2,1H3. The predicted molar refractivity (Wildman–Crippen MR) is 89.3 cm³/mol. The molecule has 4 rings (SSSR count). The first-order valence-electron chi connectivity index (χ1n) is 7.73. The number of piperidine rings is 1. The van der Waals surface area contributed by atoms with Gasteiger partial charge in [-0.25, -0.2) is 4.98 Å². The highest BCUT2D eigenvalue weighted by Crippen LogP contribution is 2.31. The van der Waals surface area contributed by atoms with Gasteiger partial charge in [0.05, 0.1) is 10.2 Å². The Balaban J connectivity index is 1.42. The van der Waals surface area contributed by atoms with Gasteiger partial charge in [-0.1, -0.05) is 23.5 Å². The van der Waals surface area contributed by atoms with Gasteiger partial charge in [-0.05, 0) is 30.9 Å². The van der Waals surface area contributed by atoms with E-state index in [4.69, 9.17) is 4.98 Å². The smallest absolute Gasteiger partial charge is 0.186 e. The summed E-state index contributed by atoms with van der Waals surface area (Å²) in [5, 5.41) is 9.34. The van der Waals surface area contributed by atoms with Gasteiger partial charge in [0.2, 0.25) is 0 Å². The second-order valence-corrected chi connectivity index (χ2v) is 6.97. The van der Waals surface area contributed by atoms with Gasteiger partial charge in [-0.2, -0.15) is 0 Å². The van der Waals surface area contributed by atoms with Crippen molar-refractivity contribution in [2.24, 2.45) is 13.0 Å². The first-order chi connectivity index (χ1) is 10.8. The third-order valence-corrected chi connectivity index (χ3v) is 5.54. The number of fused-ring (bicyclic) bond motifs is 1. The highest BCUT2D eigenvalue weighted by Gasteiger charge is 2.22. The zero-order valence-corrected chi connectivity index (χ0v) is 13.5. The van der Waals surface area contributed by atoms with Crippen molar-refractivity contribution in [3.63, 3.8) is 0 Å². The predicted octanol–water partition coefficient (Wildman–Crippen LogP) is 2.88. The molecule has 1 aliphatic rings. The summed E-state index contributed by atoms with van der Waals surface area (Å²) in [6.45, 7) is 2.17. The van der Waals surface area contributed by atoms with Crippen LogP contribution >= 0.6 is 11.3 Å². The average molecular weight is 313 g/mol. The maximum Gasteiger partial charge on any atom is 0.186 e. The van der Waals surface area contributed by atoms with Crippen LogP contribution in [0.1, 0.15) is 18.7 Å². The lowest BCUT2D eigenvalue weighted by atomic mass is 9.93. The summed E-state index contributed by atoms with van der Waals surface area (Å²) in [5.74, 6) is 1.80. The number of benzene rings is 1. The molecule has 1 fully saturated rings. The zero-order chi connectivity index (χ0) is 14.9. The first kappa shape index (κ1) is 13.7. The minimum atomic E-state index is 0.702. The Morgan fingerprint density at radius 2 is 2.05 bits per heavy atom. The van der Waals surface area contributed by atoms with E-state index < -0.39 is 0 Å². The van der Waals surface area contributed by atoms with E-state index in [1.54, 1.807) is 17.7 Å². The third-order valence-electron chi connectivity index (χ3n) is 4.44. The van der Waals surface area contributed by atoms with Gasteiger partial charge in [-0.15, -0.1) is 10.2 Å². The fraction of sp³-hybridized carbons (Fsp3) is 0.438. The number of hydrogen-bond donors (Lipinski definition) is 0. The van der Waals surface area contributed by atoms with Crippen LogP contribution in [-0.4, -0.2) is 32.8 Å². The molecule has 1 aromatic carbocycles. The Hall–Kier alpha value is -1.95. The molecule has 0 aliphatic carbocycles. The molecule has 0 N–H and O–H groups in total. The summed E-state index contributed by atoms with van der Waals surface area (Å²) < 4.78 is 3.30. The van der Waals surface area contributed by atoms with Crippen molar-refractivity contribution >= 4 is 26.7 Å². The van der Waals surface area contributed by atoms with Crippen molar-refractivity contribution in [2.45, 2.75) is 19.3 Å². The van der Waals surface area contributed by atoms with Crippen molar-refractivity contribution in [1.82, 2.24) is 19.7 Å². The summed E-state index contributed by atoms with van der Waals surface area (Å²) in [6.07, 6.45) is 5.21. The summed E-state index contributed by atoms with van der Waals surface area (Å²) in [6, 6.07) is 8.38. The topological polar surface area (TPSA) is 46.8 Å². The van der Waals surface area contributed by atoms with Crippen molar-refractivity contribution in [3.8, 4) is 0 Å². The molecule has 0 radical (unpaired) electrons. The number of hydrogen-bond acceptors (Lipinski definition) is 5. The molecule has 3 aromatic rings. The van der Waals surface area contributed by atoms with Crippen LogP contribution in [0.4, 0.5) is 5.13 Å². The molecule has 5 nitrogen and oxygen atoms in total. The van der Waals surface area contributed by atoms with Crippen molar-refractivity contribution in [1.29, 1.82) is 0 Å². The van der Waals surface area contributed by atoms with Crippen LogP contribution in [0.2, 0.25) is 0 Å². The van der Waals surface area contributed by atoms with Gasteiger partial charge in [0.1, 0.15) is 12.2 Å². The number of para-hydroxylation sites is 1. The molecule has 114 valence electrons. The van der Waals surface area contributed by atoms with Gasteiger partial charge in [0, 0.05) is 26.6 Å². The molecule has 6 heteroatoms. The zero-order valence-electron chi connectivity index (χ0n) is 12.6. The van der Waals surface area contributed by atoms with Crippen molar-refractivity contribution in [2.75, 3.05) is 18.0 Å². The van der Waals surface area contributed by atoms with Crippen LogP contribution in [0.3, 0.4) is 0 Å². The maximum atomic E-state index is 4.77. The quantitative estimate of drug-likeness (QED) is 0.746. The third kappa shape index (κ3) is 2.59. The molecule has 0 bridgehead atoms. The Morgan fingerprint density at radius 1 is 1.23 bits per heavy atom. The van der Waals surface area contributed by atoms with Crippen LogP contribution in [0, 0.1) is 5.92 Å². The second kappa shape index (κ2) is 5.68. The summed E-state index contributed by atoms with van der Waals surface area (Å²) in [7, 11) is 2.02. The van der Waals surface area contributed by atoms with Gasteiger partial charge < -0.3 is 9.47 Å². The van der Waals surface area contributed by atoms with Gasteiger partial charge in [0.15, 0.2) is 5.13 Å². The van der Waals surface area contributed by atoms with E-state index in [0.717, 1.165) is 30.9 Å². The van der Waals surface area contributed by atoms with E-state index in [-0.39, 0.29) is 0 Å². The van der Waals surface area contributed by atoms with Crippen LogP contribution in [0.5, 0.6) is 0 Å². The largest absolute Gasteiger partial charge is 0.348 e.